The molecule has 10 nitrogen and oxygen atoms in total. The Balaban J connectivity index is 1.58. The van der Waals surface area contributed by atoms with E-state index in [0.29, 0.717) is 49.2 Å². The molecule has 0 fully saturated rings. The predicted molar refractivity (Wildman–Crippen MR) is 190 cm³/mol. The van der Waals surface area contributed by atoms with Crippen molar-refractivity contribution in [3.8, 4) is 29.1 Å². The Kier molecular flexibility index (Phi) is 10.9. The van der Waals surface area contributed by atoms with Crippen molar-refractivity contribution >= 4 is 46.0 Å². The topological polar surface area (TPSA) is 121 Å². The molecule has 12 heteroatoms. The molecule has 0 saturated heterocycles. The molecule has 0 radical (unpaired) electrons. The fourth-order valence-electron chi connectivity index (χ4n) is 5.26. The van der Waals surface area contributed by atoms with Crippen LogP contribution in [0.15, 0.2) is 75.7 Å². The summed E-state index contributed by atoms with van der Waals surface area (Å²) in [5.41, 5.74) is 3.28. The third-order valence-corrected chi connectivity index (χ3v) is 9.18. The van der Waals surface area contributed by atoms with Crippen LogP contribution in [0.4, 0.5) is 0 Å². The van der Waals surface area contributed by atoms with E-state index in [1.807, 2.05) is 38.1 Å². The third-order valence-electron chi connectivity index (χ3n) is 7.40. The summed E-state index contributed by atoms with van der Waals surface area (Å²) in [7, 11) is 3.10. The average Bonchev–Trinajstić information content (AvgIpc) is 3.37. The number of allylic oxidation sites excluding steroid dienone is 1. The minimum Gasteiger partial charge on any atom is -0.493 e. The number of carbonyl (C=O) groups excluding carboxylic acids is 1. The molecule has 0 bridgehead atoms. The lowest BCUT2D eigenvalue weighted by molar-refractivity contribution is -0.139. The van der Waals surface area contributed by atoms with Crippen LogP contribution in [-0.4, -0.2) is 37.5 Å². The summed E-state index contributed by atoms with van der Waals surface area (Å²) in [6, 6.07) is 17.6. The highest BCUT2D eigenvalue weighted by Gasteiger charge is 2.34. The van der Waals surface area contributed by atoms with Gasteiger partial charge in [0.1, 0.15) is 6.61 Å². The lowest BCUT2D eigenvalue weighted by atomic mass is 9.95. The van der Waals surface area contributed by atoms with E-state index < -0.39 is 12.0 Å². The van der Waals surface area contributed by atoms with E-state index in [9.17, 15) is 9.59 Å². The zero-order chi connectivity index (χ0) is 34.5. The Hall–Kier alpha value is -4.61. The Bertz CT molecular complexity index is 2110. The number of halogens is 1. The summed E-state index contributed by atoms with van der Waals surface area (Å²) in [5, 5.41) is 9.06. The van der Waals surface area contributed by atoms with Crippen LogP contribution in [0.25, 0.3) is 6.08 Å². The number of nitriles is 1. The number of hydrogen-bond acceptors (Lipinski definition) is 10. The number of ether oxygens (including phenoxy) is 5. The van der Waals surface area contributed by atoms with E-state index in [1.54, 1.807) is 64.5 Å². The SMILES string of the molecule is CCOC(=O)C1=C(C)N=c2s/c(=C/c3cc(I)c(OCc4ccc(C#N)cc4)c(OC)c3)c(=O)n2[C@H]1c1ccc(OC(C)C)c(OC)c1. The lowest BCUT2D eigenvalue weighted by Gasteiger charge is -2.25. The fourth-order valence-corrected chi connectivity index (χ4v) is 7.09. The third kappa shape index (κ3) is 7.27. The highest BCUT2D eigenvalue weighted by Crippen LogP contribution is 2.37. The molecule has 0 saturated carbocycles. The van der Waals surface area contributed by atoms with E-state index in [4.69, 9.17) is 28.9 Å². The Morgan fingerprint density at radius 2 is 1.81 bits per heavy atom. The van der Waals surface area contributed by atoms with Gasteiger partial charge in [-0.1, -0.05) is 29.5 Å². The normalized spacial score (nSPS) is 14.2. The van der Waals surface area contributed by atoms with Crippen LogP contribution in [-0.2, 0) is 16.1 Å². The molecule has 0 aliphatic carbocycles. The quantitative estimate of drug-likeness (QED) is 0.141. The second kappa shape index (κ2) is 15.1. The van der Waals surface area contributed by atoms with Gasteiger partial charge in [0, 0.05) is 0 Å². The zero-order valence-electron chi connectivity index (χ0n) is 27.3. The van der Waals surface area contributed by atoms with E-state index in [-0.39, 0.29) is 30.5 Å². The van der Waals surface area contributed by atoms with Crippen LogP contribution in [0, 0.1) is 14.9 Å². The maximum atomic E-state index is 14.2. The first-order chi connectivity index (χ1) is 23.1. The van der Waals surface area contributed by atoms with Crippen LogP contribution < -0.4 is 33.8 Å². The van der Waals surface area contributed by atoms with Gasteiger partial charge < -0.3 is 23.7 Å². The fraction of sp³-hybridized carbons (Fsp3) is 0.278. The van der Waals surface area contributed by atoms with Gasteiger partial charge in [-0.2, -0.15) is 5.26 Å². The molecule has 0 unspecified atom stereocenters. The Labute approximate surface area is 295 Å². The van der Waals surface area contributed by atoms with Gasteiger partial charge >= 0.3 is 5.97 Å². The van der Waals surface area contributed by atoms with Gasteiger partial charge in [-0.3, -0.25) is 9.36 Å². The first-order valence-corrected chi connectivity index (χ1v) is 17.0. The van der Waals surface area contributed by atoms with Gasteiger partial charge in [0.2, 0.25) is 0 Å². The van der Waals surface area contributed by atoms with E-state index in [0.717, 1.165) is 14.7 Å². The number of nitrogens with zero attached hydrogens (tertiary/aromatic N) is 3. The molecule has 1 aromatic heterocycles. The van der Waals surface area contributed by atoms with Crippen LogP contribution in [0.1, 0.15) is 56.0 Å². The molecule has 5 rings (SSSR count). The summed E-state index contributed by atoms with van der Waals surface area (Å²) in [6.07, 6.45) is 1.70. The number of fused-ring (bicyclic) bond motifs is 1. The number of methoxy groups -OCH3 is 2. The van der Waals surface area contributed by atoms with Crippen LogP contribution in [0.2, 0.25) is 0 Å². The van der Waals surface area contributed by atoms with Gasteiger partial charge in [-0.25, -0.2) is 9.79 Å². The van der Waals surface area contributed by atoms with Gasteiger partial charge in [0.15, 0.2) is 27.8 Å². The molecule has 0 N–H and O–H groups in total. The number of esters is 1. The summed E-state index contributed by atoms with van der Waals surface area (Å²) in [6.45, 7) is 7.78. The van der Waals surface area contributed by atoms with E-state index >= 15 is 0 Å². The van der Waals surface area contributed by atoms with E-state index in [2.05, 4.69) is 33.7 Å². The molecule has 2 heterocycles. The second-order valence-electron chi connectivity index (χ2n) is 11.0. The molecule has 1 atom stereocenters. The number of carbonyl (C=O) groups is 1. The highest BCUT2D eigenvalue weighted by molar-refractivity contribution is 14.1. The summed E-state index contributed by atoms with van der Waals surface area (Å²) >= 11 is 3.41. The molecule has 4 aromatic rings. The maximum absolute atomic E-state index is 14.2. The van der Waals surface area contributed by atoms with Gasteiger partial charge in [-0.05, 0) is 109 Å². The molecular formula is C36H34IN3O7S. The number of thiazole rings is 1. The number of aromatic nitrogens is 1. The van der Waals surface area contributed by atoms with Crippen molar-refractivity contribution in [3.63, 3.8) is 0 Å². The minimum absolute atomic E-state index is 0.0792. The van der Waals surface area contributed by atoms with Crippen molar-refractivity contribution in [3.05, 3.63) is 111 Å². The first-order valence-electron chi connectivity index (χ1n) is 15.1. The summed E-state index contributed by atoms with van der Waals surface area (Å²) in [5.74, 6) is 1.55. The minimum atomic E-state index is -0.808. The number of hydrogen-bond donors (Lipinski definition) is 0. The standard InChI is InChI=1S/C36H34IN3O7S/c1-7-45-35(42)31-21(4)39-36-40(32(31)25-12-13-27(47-20(2)3)28(17-25)43-5)34(41)30(48-36)16-24-14-26(37)33(29(15-24)44-6)46-19-23-10-8-22(18-38)9-11-23/h8-17,20,32H,7,19H2,1-6H3/b30-16+/t32-/m0/s1. The Morgan fingerprint density at radius 1 is 1.08 bits per heavy atom. The van der Waals surface area contributed by atoms with Crippen molar-refractivity contribution in [1.29, 1.82) is 5.26 Å². The molecule has 3 aromatic carbocycles. The maximum Gasteiger partial charge on any atom is 0.338 e. The van der Waals surface area contributed by atoms with Crippen LogP contribution in [0.5, 0.6) is 23.0 Å². The Morgan fingerprint density at radius 3 is 2.46 bits per heavy atom. The van der Waals surface area contributed by atoms with Crippen molar-refractivity contribution in [2.75, 3.05) is 20.8 Å². The largest absolute Gasteiger partial charge is 0.493 e. The smallest absolute Gasteiger partial charge is 0.338 e. The number of benzene rings is 3. The molecular weight excluding hydrogens is 745 g/mol. The van der Waals surface area contributed by atoms with Gasteiger partial charge in [0.25, 0.3) is 5.56 Å². The molecule has 0 amide bonds. The van der Waals surface area contributed by atoms with Crippen LogP contribution in [0.3, 0.4) is 0 Å². The van der Waals surface area contributed by atoms with Crippen molar-refractivity contribution < 1.29 is 28.5 Å². The first kappa shape index (κ1) is 34.7. The van der Waals surface area contributed by atoms with Gasteiger partial charge in [0.05, 0.1) is 64.0 Å². The van der Waals surface area contributed by atoms with Crippen molar-refractivity contribution in [1.82, 2.24) is 4.57 Å². The number of rotatable bonds is 11. The predicted octanol–water partition coefficient (Wildman–Crippen LogP) is 5.66. The molecule has 248 valence electrons. The molecule has 48 heavy (non-hydrogen) atoms. The lowest BCUT2D eigenvalue weighted by Crippen LogP contribution is -2.40. The highest BCUT2D eigenvalue weighted by atomic mass is 127. The molecule has 1 aliphatic heterocycles. The van der Waals surface area contributed by atoms with E-state index in [1.165, 1.54) is 15.9 Å². The summed E-state index contributed by atoms with van der Waals surface area (Å²) in [4.78, 5) is 32.7. The molecule has 0 spiro atoms. The van der Waals surface area contributed by atoms with Crippen molar-refractivity contribution in [2.24, 2.45) is 4.99 Å². The average molecular weight is 780 g/mol. The van der Waals surface area contributed by atoms with Crippen LogP contribution >= 0.6 is 33.9 Å². The zero-order valence-corrected chi connectivity index (χ0v) is 30.3. The monoisotopic (exact) mass is 779 g/mol. The second-order valence-corrected chi connectivity index (χ2v) is 13.2. The van der Waals surface area contributed by atoms with Gasteiger partial charge in [-0.15, -0.1) is 0 Å². The van der Waals surface area contributed by atoms with Crippen molar-refractivity contribution in [2.45, 2.75) is 46.4 Å². The molecule has 1 aliphatic rings. The summed E-state index contributed by atoms with van der Waals surface area (Å²) < 4.78 is 31.5.